The normalized spacial score (nSPS) is 11.8. The first-order chi connectivity index (χ1) is 9.79. The first-order valence-corrected chi connectivity index (χ1v) is 7.71. The number of rotatable bonds is 6. The van der Waals surface area contributed by atoms with Gasteiger partial charge in [0.2, 0.25) is 6.29 Å². The Bertz CT molecular complexity index is 579. The fourth-order valence-electron chi connectivity index (χ4n) is 1.72. The summed E-state index contributed by atoms with van der Waals surface area (Å²) in [6, 6.07) is 18.9. The number of hydrogen-bond donors (Lipinski definition) is 0. The maximum atomic E-state index is 12.1. The monoisotopic (exact) mass is 286 g/mol. The Balaban J connectivity index is 2.02. The second-order valence-corrected chi connectivity index (χ2v) is 5.77. The highest BCUT2D eigenvalue weighted by molar-refractivity contribution is 7.52. The van der Waals surface area contributed by atoms with Gasteiger partial charge in [0.25, 0.3) is 5.48 Å². The zero-order chi connectivity index (χ0) is 14.2. The average Bonchev–Trinajstić information content (AvgIpc) is 2.50. The third kappa shape index (κ3) is 4.39. The van der Waals surface area contributed by atoms with E-state index in [0.29, 0.717) is 12.4 Å². The molecule has 0 heterocycles. The number of benzene rings is 2. The summed E-state index contributed by atoms with van der Waals surface area (Å²) in [6.45, 7) is 0.255. The predicted molar refractivity (Wildman–Crippen MR) is 79.4 cm³/mol. The van der Waals surface area contributed by atoms with Gasteiger partial charge in [0.15, 0.2) is 0 Å². The van der Waals surface area contributed by atoms with Crippen molar-refractivity contribution in [3.8, 4) is 0 Å². The molecule has 0 aliphatic carbocycles. The number of carbonyl (C=O) groups excluding carboxylic acids is 1. The largest absolute Gasteiger partial charge is 0.628 e. The van der Waals surface area contributed by atoms with Crippen LogP contribution in [0.1, 0.15) is 11.1 Å². The van der Waals surface area contributed by atoms with Crippen LogP contribution in [0.15, 0.2) is 60.7 Å². The lowest BCUT2D eigenvalue weighted by atomic mass is 10.2. The molecule has 0 spiro atoms. The summed E-state index contributed by atoms with van der Waals surface area (Å²) >= 11 is 0. The highest BCUT2D eigenvalue weighted by atomic mass is 31.1. The van der Waals surface area contributed by atoms with Crippen molar-refractivity contribution in [1.82, 2.24) is 0 Å². The Morgan fingerprint density at radius 3 is 2.10 bits per heavy atom. The molecule has 0 bridgehead atoms. The number of carbonyl (C=O) groups is 1. The molecule has 1 unspecified atom stereocenters. The highest BCUT2D eigenvalue weighted by Crippen LogP contribution is 2.21. The van der Waals surface area contributed by atoms with Gasteiger partial charge in [0, 0.05) is 0 Å². The van der Waals surface area contributed by atoms with E-state index < -0.39 is 7.77 Å². The molecule has 1 atom stereocenters. The SMILES string of the molecule is O=CC(OCc1ccccc1)=[P+]([O-])Cc1ccccc1. The Labute approximate surface area is 119 Å². The molecule has 0 saturated carbocycles. The van der Waals surface area contributed by atoms with E-state index in [1.54, 1.807) is 0 Å². The van der Waals surface area contributed by atoms with Crippen LogP contribution < -0.4 is 4.89 Å². The Hall–Kier alpha value is -1.80. The lowest BCUT2D eigenvalue weighted by molar-refractivity contribution is -0.154. The molecule has 4 heteroatoms. The van der Waals surface area contributed by atoms with Gasteiger partial charge in [0.1, 0.15) is 6.16 Å². The zero-order valence-corrected chi connectivity index (χ0v) is 11.8. The summed E-state index contributed by atoms with van der Waals surface area (Å²) in [5, 5.41) is 0. The van der Waals surface area contributed by atoms with Crippen molar-refractivity contribution >= 4 is 19.5 Å². The standard InChI is InChI=1S/C16H15O3P/c17-11-16(19-12-14-7-3-1-4-8-14)20(18)13-15-9-5-2-6-10-15/h1-11H,12-13H2. The van der Waals surface area contributed by atoms with Crippen LogP contribution in [0.5, 0.6) is 0 Å². The van der Waals surface area contributed by atoms with Crippen LogP contribution in [0, 0.1) is 0 Å². The van der Waals surface area contributed by atoms with Gasteiger partial charge < -0.3 is 9.63 Å². The maximum Gasteiger partial charge on any atom is 0.286 e. The smallest absolute Gasteiger partial charge is 0.286 e. The molecule has 2 aromatic rings. The van der Waals surface area contributed by atoms with E-state index in [1.807, 2.05) is 60.7 Å². The van der Waals surface area contributed by atoms with E-state index in [-0.39, 0.29) is 12.1 Å². The van der Waals surface area contributed by atoms with Gasteiger partial charge in [-0.3, -0.25) is 4.79 Å². The van der Waals surface area contributed by atoms with Gasteiger partial charge in [-0.25, -0.2) is 0 Å². The van der Waals surface area contributed by atoms with Crippen molar-refractivity contribution in [2.45, 2.75) is 12.8 Å². The van der Waals surface area contributed by atoms with E-state index >= 15 is 0 Å². The van der Waals surface area contributed by atoms with Crippen LogP contribution in [-0.2, 0) is 22.3 Å². The van der Waals surface area contributed by atoms with E-state index in [9.17, 15) is 9.69 Å². The van der Waals surface area contributed by atoms with E-state index in [2.05, 4.69) is 0 Å². The number of ether oxygens (including phenoxy) is 1. The molecule has 0 aromatic heterocycles. The molecule has 20 heavy (non-hydrogen) atoms. The van der Waals surface area contributed by atoms with Crippen molar-refractivity contribution in [2.75, 3.05) is 0 Å². The minimum Gasteiger partial charge on any atom is -0.628 e. The van der Waals surface area contributed by atoms with Crippen LogP contribution in [0.2, 0.25) is 0 Å². The minimum absolute atomic E-state index is 0.0210. The summed E-state index contributed by atoms with van der Waals surface area (Å²) in [4.78, 5) is 23.1. The number of aldehydes is 1. The van der Waals surface area contributed by atoms with Gasteiger partial charge in [-0.15, -0.1) is 0 Å². The third-order valence-corrected chi connectivity index (χ3v) is 4.12. The van der Waals surface area contributed by atoms with E-state index in [4.69, 9.17) is 4.74 Å². The summed E-state index contributed by atoms with van der Waals surface area (Å²) in [5.74, 6) is 0. The van der Waals surface area contributed by atoms with Gasteiger partial charge >= 0.3 is 0 Å². The molecule has 0 amide bonds. The predicted octanol–water partition coefficient (Wildman–Crippen LogP) is 2.49. The molecular formula is C16H15O3P. The lowest BCUT2D eigenvalue weighted by Crippen LogP contribution is -2.10. The van der Waals surface area contributed by atoms with Crippen LogP contribution in [0.4, 0.5) is 0 Å². The molecule has 102 valence electrons. The van der Waals surface area contributed by atoms with Gasteiger partial charge in [0.05, 0.1) is 14.4 Å². The summed E-state index contributed by atoms with van der Waals surface area (Å²) in [5.41, 5.74) is 1.89. The lowest BCUT2D eigenvalue weighted by Gasteiger charge is -2.04. The molecule has 0 N–H and O–H groups in total. The van der Waals surface area contributed by atoms with Gasteiger partial charge in [-0.05, 0) is 11.1 Å². The van der Waals surface area contributed by atoms with Gasteiger partial charge in [-0.1, -0.05) is 60.7 Å². The quantitative estimate of drug-likeness (QED) is 0.605. The van der Waals surface area contributed by atoms with E-state index in [1.165, 1.54) is 0 Å². The number of hydrogen-bond acceptors (Lipinski definition) is 3. The van der Waals surface area contributed by atoms with Gasteiger partial charge in [-0.2, -0.15) is 0 Å². The molecular weight excluding hydrogens is 271 g/mol. The second kappa shape index (κ2) is 7.71. The molecule has 0 fully saturated rings. The third-order valence-electron chi connectivity index (χ3n) is 2.75. The van der Waals surface area contributed by atoms with Crippen LogP contribution in [0.3, 0.4) is 0 Å². The van der Waals surface area contributed by atoms with Crippen LogP contribution in [0.25, 0.3) is 0 Å². The molecule has 3 nitrogen and oxygen atoms in total. The first kappa shape index (κ1) is 14.6. The summed E-state index contributed by atoms with van der Waals surface area (Å²) in [6.07, 6.45) is 0.865. The van der Waals surface area contributed by atoms with Crippen molar-refractivity contribution in [1.29, 1.82) is 0 Å². The fraction of sp³-hybridized carbons (Fsp3) is 0.125. The van der Waals surface area contributed by atoms with Crippen molar-refractivity contribution < 1.29 is 14.4 Å². The van der Waals surface area contributed by atoms with Crippen molar-refractivity contribution in [3.05, 3.63) is 71.8 Å². The second-order valence-electron chi connectivity index (χ2n) is 4.25. The Morgan fingerprint density at radius 2 is 1.55 bits per heavy atom. The maximum absolute atomic E-state index is 12.1. The van der Waals surface area contributed by atoms with Crippen molar-refractivity contribution in [2.24, 2.45) is 0 Å². The van der Waals surface area contributed by atoms with Crippen molar-refractivity contribution in [3.63, 3.8) is 0 Å². The van der Waals surface area contributed by atoms with E-state index in [0.717, 1.165) is 11.1 Å². The fourth-order valence-corrected chi connectivity index (χ4v) is 2.75. The summed E-state index contributed by atoms with van der Waals surface area (Å²) in [7, 11) is -1.84. The molecule has 2 rings (SSSR count). The molecule has 0 radical (unpaired) electrons. The molecule has 2 aromatic carbocycles. The topological polar surface area (TPSA) is 49.4 Å². The van der Waals surface area contributed by atoms with Crippen LogP contribution in [-0.4, -0.2) is 11.8 Å². The first-order valence-electron chi connectivity index (χ1n) is 6.27. The Kier molecular flexibility index (Phi) is 5.63. The zero-order valence-electron chi connectivity index (χ0n) is 10.9. The minimum atomic E-state index is -1.84. The Morgan fingerprint density at radius 1 is 1.00 bits per heavy atom. The summed E-state index contributed by atoms with van der Waals surface area (Å²) < 4.78 is 5.38. The van der Waals surface area contributed by atoms with Crippen LogP contribution >= 0.6 is 7.77 Å². The molecule has 0 aliphatic rings. The average molecular weight is 286 g/mol. The highest BCUT2D eigenvalue weighted by Gasteiger charge is 2.11. The molecule has 0 aliphatic heterocycles. The molecule has 0 saturated heterocycles.